The Kier molecular flexibility index (Phi) is 5.96. The van der Waals surface area contributed by atoms with Crippen molar-refractivity contribution in [3.63, 3.8) is 0 Å². The van der Waals surface area contributed by atoms with Crippen molar-refractivity contribution in [2.45, 2.75) is 47.0 Å². The summed E-state index contributed by atoms with van der Waals surface area (Å²) in [4.78, 5) is 15.8. The topological polar surface area (TPSA) is 51.2 Å². The predicted molar refractivity (Wildman–Crippen MR) is 103 cm³/mol. The number of fused-ring (bicyclic) bond motifs is 1. The highest BCUT2D eigenvalue weighted by atomic mass is 16.5. The predicted octanol–water partition coefficient (Wildman–Crippen LogP) is 5.03. The molecule has 0 saturated carbocycles. The van der Waals surface area contributed by atoms with Crippen LogP contribution in [0.2, 0.25) is 0 Å². The number of nitrogens with one attached hydrogen (secondary N) is 1. The van der Waals surface area contributed by atoms with Crippen LogP contribution in [0.3, 0.4) is 0 Å². The van der Waals surface area contributed by atoms with E-state index in [2.05, 4.69) is 23.3 Å². The van der Waals surface area contributed by atoms with Gasteiger partial charge < -0.3 is 10.1 Å². The zero-order valence-corrected chi connectivity index (χ0v) is 15.2. The fraction of sp³-hybridized carbons (Fsp3) is 0.400. The minimum atomic E-state index is -0.0398. The quantitative estimate of drug-likeness (QED) is 0.858. The summed E-state index contributed by atoms with van der Waals surface area (Å²) < 4.78 is 5.23. The molecule has 1 amide bonds. The highest BCUT2D eigenvalue weighted by Crippen LogP contribution is 2.40. The van der Waals surface area contributed by atoms with Crippen LogP contribution in [0.1, 0.15) is 46.7 Å². The first-order valence-corrected chi connectivity index (χ1v) is 8.53. The van der Waals surface area contributed by atoms with Crippen LogP contribution in [-0.4, -0.2) is 18.0 Å². The zero-order valence-electron chi connectivity index (χ0n) is 15.2. The number of hydrogen-bond donors (Lipinski definition) is 1. The van der Waals surface area contributed by atoms with Gasteiger partial charge in [0.05, 0.1) is 12.8 Å². The largest absolute Gasteiger partial charge is 0.481 e. The lowest BCUT2D eigenvalue weighted by atomic mass is 9.93. The molecule has 0 unspecified atom stereocenters. The SMILES string of the molecule is CC.COc1cc(-c2c(C)cc3c(c2NC(C)=O)CCC3)ccn1.[HH].[HH]. The van der Waals surface area contributed by atoms with Crippen molar-refractivity contribution in [2.75, 3.05) is 12.4 Å². The molecular weight excluding hydrogens is 300 g/mol. The molecule has 132 valence electrons. The van der Waals surface area contributed by atoms with E-state index in [0.717, 1.165) is 41.6 Å². The first-order valence-electron chi connectivity index (χ1n) is 8.53. The van der Waals surface area contributed by atoms with E-state index in [0.29, 0.717) is 5.88 Å². The number of pyridine rings is 1. The molecule has 1 N–H and O–H groups in total. The lowest BCUT2D eigenvalue weighted by Crippen LogP contribution is -2.10. The van der Waals surface area contributed by atoms with Gasteiger partial charge in [-0.05, 0) is 54.5 Å². The monoisotopic (exact) mass is 330 g/mol. The Hall–Kier alpha value is -2.36. The smallest absolute Gasteiger partial charge is 0.221 e. The second-order valence-electron chi connectivity index (χ2n) is 5.70. The van der Waals surface area contributed by atoms with Gasteiger partial charge in [0.25, 0.3) is 0 Å². The lowest BCUT2D eigenvalue weighted by Gasteiger charge is -2.18. The Morgan fingerprint density at radius 1 is 1.29 bits per heavy atom. The average molecular weight is 330 g/mol. The Morgan fingerprint density at radius 2 is 2.04 bits per heavy atom. The van der Waals surface area contributed by atoms with E-state index in [1.54, 1.807) is 20.2 Å². The van der Waals surface area contributed by atoms with Crippen LogP contribution >= 0.6 is 0 Å². The summed E-state index contributed by atoms with van der Waals surface area (Å²) in [7, 11) is 1.61. The number of benzene rings is 1. The molecule has 4 heteroatoms. The average Bonchev–Trinajstić information content (AvgIpc) is 3.04. The summed E-state index contributed by atoms with van der Waals surface area (Å²) in [5.41, 5.74) is 6.82. The number of rotatable bonds is 3. The van der Waals surface area contributed by atoms with Gasteiger partial charge in [-0.1, -0.05) is 19.9 Å². The second-order valence-corrected chi connectivity index (χ2v) is 5.70. The molecule has 0 spiro atoms. The summed E-state index contributed by atoms with van der Waals surface area (Å²) >= 11 is 0. The van der Waals surface area contributed by atoms with Crippen molar-refractivity contribution in [3.05, 3.63) is 41.1 Å². The van der Waals surface area contributed by atoms with Crippen molar-refractivity contribution in [3.8, 4) is 17.0 Å². The van der Waals surface area contributed by atoms with E-state index in [-0.39, 0.29) is 8.76 Å². The molecule has 1 aromatic carbocycles. The van der Waals surface area contributed by atoms with Crippen molar-refractivity contribution < 1.29 is 12.4 Å². The standard InChI is InChI=1S/C18H20N2O2.C2H6.2H2/c1-11-9-13-5-4-6-15(13)18(20-12(2)21)17(11)14-7-8-19-16(10-14)22-3;1-2;;/h7-10H,4-6H2,1-3H3,(H,20,21);1-2H3;2*1H. The van der Waals surface area contributed by atoms with E-state index in [4.69, 9.17) is 4.74 Å². The van der Waals surface area contributed by atoms with E-state index in [9.17, 15) is 4.79 Å². The fourth-order valence-corrected chi connectivity index (χ4v) is 3.26. The highest BCUT2D eigenvalue weighted by molar-refractivity contribution is 5.97. The Morgan fingerprint density at radius 3 is 2.71 bits per heavy atom. The normalized spacial score (nSPS) is 12.0. The first-order chi connectivity index (χ1) is 11.6. The van der Waals surface area contributed by atoms with Crippen LogP contribution < -0.4 is 10.1 Å². The minimum Gasteiger partial charge on any atom is -0.481 e. The Bertz CT molecular complexity index is 749. The maximum atomic E-state index is 11.7. The van der Waals surface area contributed by atoms with Crippen molar-refractivity contribution in [1.82, 2.24) is 4.98 Å². The molecule has 2 aromatic rings. The van der Waals surface area contributed by atoms with E-state index in [1.807, 2.05) is 26.0 Å². The van der Waals surface area contributed by atoms with Crippen LogP contribution in [0.25, 0.3) is 11.1 Å². The molecule has 1 heterocycles. The summed E-state index contributed by atoms with van der Waals surface area (Å²) in [5.74, 6) is 0.535. The molecule has 4 nitrogen and oxygen atoms in total. The van der Waals surface area contributed by atoms with E-state index in [1.165, 1.54) is 11.1 Å². The van der Waals surface area contributed by atoms with Gasteiger partial charge in [-0.15, -0.1) is 0 Å². The van der Waals surface area contributed by atoms with Gasteiger partial charge in [-0.2, -0.15) is 0 Å². The summed E-state index contributed by atoms with van der Waals surface area (Å²) in [6, 6.07) is 6.11. The molecule has 1 aliphatic rings. The number of ether oxygens (including phenoxy) is 1. The molecule has 0 bridgehead atoms. The Labute approximate surface area is 147 Å². The van der Waals surface area contributed by atoms with Crippen LogP contribution in [-0.2, 0) is 17.6 Å². The van der Waals surface area contributed by atoms with Crippen LogP contribution in [0.4, 0.5) is 5.69 Å². The molecule has 0 atom stereocenters. The van der Waals surface area contributed by atoms with Crippen LogP contribution in [0.15, 0.2) is 24.4 Å². The van der Waals surface area contributed by atoms with Crippen molar-refractivity contribution in [1.29, 1.82) is 0 Å². The number of amides is 1. The third-order valence-corrected chi connectivity index (χ3v) is 4.13. The van der Waals surface area contributed by atoms with E-state index < -0.39 is 0 Å². The summed E-state index contributed by atoms with van der Waals surface area (Å²) in [6.45, 7) is 7.65. The molecule has 3 rings (SSSR count). The zero-order chi connectivity index (χ0) is 17.7. The Balaban J connectivity index is 0.00000151. The number of aromatic nitrogens is 1. The molecule has 0 saturated heterocycles. The fourth-order valence-electron chi connectivity index (χ4n) is 3.26. The number of anilines is 1. The number of aryl methyl sites for hydroxylation is 2. The summed E-state index contributed by atoms with van der Waals surface area (Å²) in [6.07, 6.45) is 4.98. The number of hydrogen-bond acceptors (Lipinski definition) is 3. The van der Waals surface area contributed by atoms with Crippen LogP contribution in [0.5, 0.6) is 5.88 Å². The number of carbonyl (C=O) groups is 1. The van der Waals surface area contributed by atoms with Gasteiger partial charge in [0.2, 0.25) is 11.8 Å². The van der Waals surface area contributed by atoms with Gasteiger partial charge >= 0.3 is 0 Å². The lowest BCUT2D eigenvalue weighted by molar-refractivity contribution is -0.114. The third kappa shape index (κ3) is 3.58. The molecule has 1 aromatic heterocycles. The number of methoxy groups -OCH3 is 1. The molecule has 0 aliphatic heterocycles. The van der Waals surface area contributed by atoms with Gasteiger partial charge in [0.15, 0.2) is 0 Å². The highest BCUT2D eigenvalue weighted by Gasteiger charge is 2.22. The maximum absolute atomic E-state index is 11.7. The molecule has 0 radical (unpaired) electrons. The van der Waals surface area contributed by atoms with Gasteiger partial charge in [0, 0.05) is 27.6 Å². The number of nitrogens with zero attached hydrogens (tertiary/aromatic N) is 1. The van der Waals surface area contributed by atoms with Gasteiger partial charge in [0.1, 0.15) is 0 Å². The van der Waals surface area contributed by atoms with E-state index >= 15 is 0 Å². The van der Waals surface area contributed by atoms with Crippen molar-refractivity contribution >= 4 is 11.6 Å². The van der Waals surface area contributed by atoms with Gasteiger partial charge in [-0.3, -0.25) is 4.79 Å². The molecular formula is C20H30N2O2. The van der Waals surface area contributed by atoms with Crippen LogP contribution in [0, 0.1) is 6.92 Å². The summed E-state index contributed by atoms with van der Waals surface area (Å²) in [5, 5.41) is 3.05. The van der Waals surface area contributed by atoms with Crippen molar-refractivity contribution in [2.24, 2.45) is 0 Å². The maximum Gasteiger partial charge on any atom is 0.221 e. The molecule has 0 fully saturated rings. The second kappa shape index (κ2) is 7.95. The first kappa shape index (κ1) is 18.0. The molecule has 1 aliphatic carbocycles. The number of carbonyl (C=O) groups excluding carboxylic acids is 1. The van der Waals surface area contributed by atoms with Gasteiger partial charge in [-0.25, -0.2) is 4.98 Å². The molecule has 24 heavy (non-hydrogen) atoms. The minimum absolute atomic E-state index is 0. The third-order valence-electron chi connectivity index (χ3n) is 4.13.